The van der Waals surface area contributed by atoms with Crippen LogP contribution < -0.4 is 0 Å². The Labute approximate surface area is 86.5 Å². The van der Waals surface area contributed by atoms with Crippen molar-refractivity contribution < 1.29 is 18.9 Å². The van der Waals surface area contributed by atoms with Crippen LogP contribution in [0.5, 0.6) is 0 Å². The second-order valence-electron chi connectivity index (χ2n) is 3.01. The maximum Gasteiger partial charge on any atom is 0.0837 e. The molecule has 1 radical (unpaired) electrons. The van der Waals surface area contributed by atoms with E-state index in [0.29, 0.717) is 13.2 Å². The standard InChI is InChI=1S/C10H21O4/c1-11-7-9(13-3)5-6-10(14-4)8-12-2/h5,9-10H,6-8H2,1-4H3. The van der Waals surface area contributed by atoms with E-state index < -0.39 is 0 Å². The molecule has 0 aliphatic rings. The Morgan fingerprint density at radius 2 is 1.57 bits per heavy atom. The Kier molecular flexibility index (Phi) is 9.29. The zero-order valence-corrected chi connectivity index (χ0v) is 9.49. The van der Waals surface area contributed by atoms with Crippen molar-refractivity contribution in [3.63, 3.8) is 0 Å². The summed E-state index contributed by atoms with van der Waals surface area (Å²) < 4.78 is 20.4. The first-order valence-corrected chi connectivity index (χ1v) is 4.65. The van der Waals surface area contributed by atoms with Crippen molar-refractivity contribution in [3.05, 3.63) is 6.42 Å². The molecular formula is C10H21O4. The maximum atomic E-state index is 5.21. The molecule has 0 fully saturated rings. The van der Waals surface area contributed by atoms with Gasteiger partial charge in [0.05, 0.1) is 25.4 Å². The number of hydrogen-bond donors (Lipinski definition) is 0. The largest absolute Gasteiger partial charge is 0.382 e. The van der Waals surface area contributed by atoms with Crippen LogP contribution in [0.4, 0.5) is 0 Å². The average molecular weight is 205 g/mol. The van der Waals surface area contributed by atoms with Gasteiger partial charge in [-0.1, -0.05) is 0 Å². The van der Waals surface area contributed by atoms with Crippen molar-refractivity contribution in [2.24, 2.45) is 0 Å². The van der Waals surface area contributed by atoms with E-state index in [0.717, 1.165) is 6.42 Å². The van der Waals surface area contributed by atoms with E-state index in [-0.39, 0.29) is 12.2 Å². The highest BCUT2D eigenvalue weighted by Crippen LogP contribution is 2.06. The van der Waals surface area contributed by atoms with Crippen molar-refractivity contribution in [3.8, 4) is 0 Å². The summed E-state index contributed by atoms with van der Waals surface area (Å²) in [6.45, 7) is 1.16. The minimum atomic E-state index is 0.0227. The Balaban J connectivity index is 3.63. The van der Waals surface area contributed by atoms with Gasteiger partial charge in [0.25, 0.3) is 0 Å². The Hall–Kier alpha value is -0.160. The van der Waals surface area contributed by atoms with Gasteiger partial charge < -0.3 is 18.9 Å². The molecule has 0 amide bonds. The third-order valence-electron chi connectivity index (χ3n) is 1.98. The lowest BCUT2D eigenvalue weighted by Crippen LogP contribution is -2.24. The predicted octanol–water partition coefficient (Wildman–Crippen LogP) is 0.904. The lowest BCUT2D eigenvalue weighted by molar-refractivity contribution is 0.0123. The number of hydrogen-bond acceptors (Lipinski definition) is 4. The molecule has 14 heavy (non-hydrogen) atoms. The van der Waals surface area contributed by atoms with Crippen molar-refractivity contribution in [2.75, 3.05) is 41.7 Å². The van der Waals surface area contributed by atoms with Crippen LogP contribution in [0.2, 0.25) is 0 Å². The smallest absolute Gasteiger partial charge is 0.0837 e. The Morgan fingerprint density at radius 3 is 2.00 bits per heavy atom. The first-order chi connectivity index (χ1) is 6.78. The van der Waals surface area contributed by atoms with E-state index in [1.54, 1.807) is 28.4 Å². The van der Waals surface area contributed by atoms with Gasteiger partial charge in [-0.15, -0.1) is 0 Å². The quantitative estimate of drug-likeness (QED) is 0.560. The van der Waals surface area contributed by atoms with Crippen LogP contribution in [0.3, 0.4) is 0 Å². The number of methoxy groups -OCH3 is 4. The van der Waals surface area contributed by atoms with Gasteiger partial charge in [0, 0.05) is 28.4 Å². The molecule has 85 valence electrons. The fourth-order valence-electron chi connectivity index (χ4n) is 1.12. The van der Waals surface area contributed by atoms with Crippen molar-refractivity contribution in [2.45, 2.75) is 18.6 Å². The highest BCUT2D eigenvalue weighted by Gasteiger charge is 2.12. The molecule has 0 aromatic heterocycles. The molecule has 0 aromatic rings. The van der Waals surface area contributed by atoms with Crippen LogP contribution in [0, 0.1) is 6.42 Å². The fourth-order valence-corrected chi connectivity index (χ4v) is 1.12. The monoisotopic (exact) mass is 205 g/mol. The minimum absolute atomic E-state index is 0.0227. The molecular weight excluding hydrogens is 184 g/mol. The third kappa shape index (κ3) is 6.32. The molecule has 0 spiro atoms. The molecule has 0 aliphatic heterocycles. The molecule has 0 rings (SSSR count). The van der Waals surface area contributed by atoms with Gasteiger partial charge in [0.2, 0.25) is 0 Å². The highest BCUT2D eigenvalue weighted by atomic mass is 16.5. The van der Waals surface area contributed by atoms with E-state index in [2.05, 4.69) is 0 Å². The zero-order chi connectivity index (χ0) is 10.8. The first-order valence-electron chi connectivity index (χ1n) is 4.65. The summed E-state index contributed by atoms with van der Waals surface area (Å²) in [6.07, 6.45) is 2.95. The van der Waals surface area contributed by atoms with Crippen LogP contribution in [-0.2, 0) is 18.9 Å². The molecule has 0 saturated heterocycles. The molecule has 4 nitrogen and oxygen atoms in total. The van der Waals surface area contributed by atoms with E-state index >= 15 is 0 Å². The summed E-state index contributed by atoms with van der Waals surface area (Å²) in [5, 5.41) is 0. The molecule has 0 saturated carbocycles. The molecule has 4 heteroatoms. The predicted molar refractivity (Wildman–Crippen MR) is 54.3 cm³/mol. The van der Waals surface area contributed by atoms with Gasteiger partial charge >= 0.3 is 0 Å². The molecule has 0 bridgehead atoms. The first kappa shape index (κ1) is 13.8. The number of rotatable bonds is 9. The lowest BCUT2D eigenvalue weighted by atomic mass is 10.1. The fraction of sp³-hybridized carbons (Fsp3) is 0.900. The Bertz CT molecular complexity index is 105. The van der Waals surface area contributed by atoms with Crippen LogP contribution in [0.25, 0.3) is 0 Å². The van der Waals surface area contributed by atoms with Crippen LogP contribution in [-0.4, -0.2) is 53.9 Å². The minimum Gasteiger partial charge on any atom is -0.382 e. The number of ether oxygens (including phenoxy) is 4. The Morgan fingerprint density at radius 1 is 0.929 bits per heavy atom. The third-order valence-corrected chi connectivity index (χ3v) is 1.98. The molecule has 0 heterocycles. The van der Waals surface area contributed by atoms with Crippen LogP contribution in [0.1, 0.15) is 6.42 Å². The zero-order valence-electron chi connectivity index (χ0n) is 9.49. The van der Waals surface area contributed by atoms with E-state index in [9.17, 15) is 0 Å². The van der Waals surface area contributed by atoms with Crippen molar-refractivity contribution in [1.29, 1.82) is 0 Å². The molecule has 0 N–H and O–H groups in total. The highest BCUT2D eigenvalue weighted by molar-refractivity contribution is 4.80. The van der Waals surface area contributed by atoms with Gasteiger partial charge in [0.1, 0.15) is 0 Å². The van der Waals surface area contributed by atoms with Gasteiger partial charge in [-0.2, -0.15) is 0 Å². The second-order valence-corrected chi connectivity index (χ2v) is 3.01. The van der Waals surface area contributed by atoms with Gasteiger partial charge in [0.15, 0.2) is 0 Å². The summed E-state index contributed by atoms with van der Waals surface area (Å²) >= 11 is 0. The summed E-state index contributed by atoms with van der Waals surface area (Å²) in [5.74, 6) is 0. The van der Waals surface area contributed by atoms with Gasteiger partial charge in [-0.25, -0.2) is 0 Å². The SMILES string of the molecule is COCC([CH]CC(COC)OC)OC. The van der Waals surface area contributed by atoms with Gasteiger partial charge in [-0.05, 0) is 12.8 Å². The summed E-state index contributed by atoms with van der Waals surface area (Å²) in [7, 11) is 6.66. The maximum absolute atomic E-state index is 5.21. The van der Waals surface area contributed by atoms with E-state index in [1.165, 1.54) is 0 Å². The average Bonchev–Trinajstić information content (AvgIpc) is 2.22. The van der Waals surface area contributed by atoms with Crippen LogP contribution >= 0.6 is 0 Å². The normalized spacial score (nSPS) is 15.4. The summed E-state index contributed by atoms with van der Waals surface area (Å²) in [4.78, 5) is 0. The molecule has 0 aromatic carbocycles. The van der Waals surface area contributed by atoms with E-state index in [4.69, 9.17) is 18.9 Å². The van der Waals surface area contributed by atoms with Crippen molar-refractivity contribution in [1.82, 2.24) is 0 Å². The summed E-state index contributed by atoms with van der Waals surface area (Å²) in [5.41, 5.74) is 0. The van der Waals surface area contributed by atoms with E-state index in [1.807, 2.05) is 6.42 Å². The second kappa shape index (κ2) is 9.40. The lowest BCUT2D eigenvalue weighted by Gasteiger charge is -2.18. The molecule has 0 aliphatic carbocycles. The summed E-state index contributed by atoms with van der Waals surface area (Å²) in [6, 6.07) is 0. The topological polar surface area (TPSA) is 36.9 Å². The molecule has 2 atom stereocenters. The molecule has 2 unspecified atom stereocenters. The van der Waals surface area contributed by atoms with Crippen molar-refractivity contribution >= 4 is 0 Å². The van der Waals surface area contributed by atoms with Gasteiger partial charge in [-0.3, -0.25) is 0 Å². The van der Waals surface area contributed by atoms with Crippen LogP contribution in [0.15, 0.2) is 0 Å².